The van der Waals surface area contributed by atoms with E-state index < -0.39 is 0 Å². The van der Waals surface area contributed by atoms with Crippen LogP contribution >= 0.6 is 23.2 Å². The van der Waals surface area contributed by atoms with E-state index in [9.17, 15) is 4.79 Å². The topological polar surface area (TPSA) is 76.8 Å². The van der Waals surface area contributed by atoms with E-state index in [-0.39, 0.29) is 16.0 Å². The van der Waals surface area contributed by atoms with Gasteiger partial charge in [-0.2, -0.15) is 0 Å². The molecule has 2 aromatic rings. The number of nitrogen functional groups attached to an aromatic ring is 1. The van der Waals surface area contributed by atoms with Gasteiger partial charge in [0.25, 0.3) is 5.91 Å². The normalized spacial score (nSPS) is 14.2. The molecule has 1 aliphatic heterocycles. The molecular formula is C18H19Cl2N3O3. The van der Waals surface area contributed by atoms with E-state index in [1.165, 1.54) is 19.2 Å². The minimum absolute atomic E-state index is 0.270. The van der Waals surface area contributed by atoms with Crippen LogP contribution in [0.15, 0.2) is 30.3 Å². The Morgan fingerprint density at radius 2 is 1.85 bits per heavy atom. The van der Waals surface area contributed by atoms with E-state index >= 15 is 0 Å². The van der Waals surface area contributed by atoms with Gasteiger partial charge in [0.15, 0.2) is 5.75 Å². The van der Waals surface area contributed by atoms with Gasteiger partial charge in [0.05, 0.1) is 41.7 Å². The highest BCUT2D eigenvalue weighted by molar-refractivity contribution is 6.37. The van der Waals surface area contributed by atoms with Crippen molar-refractivity contribution in [2.24, 2.45) is 0 Å². The second-order valence-electron chi connectivity index (χ2n) is 5.80. The Kier molecular flexibility index (Phi) is 5.76. The van der Waals surface area contributed by atoms with Gasteiger partial charge in [0.1, 0.15) is 0 Å². The number of hydrogen-bond acceptors (Lipinski definition) is 5. The van der Waals surface area contributed by atoms with E-state index in [0.717, 1.165) is 18.8 Å². The number of benzene rings is 2. The fourth-order valence-corrected chi connectivity index (χ4v) is 3.46. The van der Waals surface area contributed by atoms with Crippen LogP contribution in [0.25, 0.3) is 0 Å². The number of nitrogens with zero attached hydrogens (tertiary/aromatic N) is 1. The van der Waals surface area contributed by atoms with Gasteiger partial charge in [-0.05, 0) is 30.3 Å². The van der Waals surface area contributed by atoms with Crippen LogP contribution in [0.1, 0.15) is 10.4 Å². The Labute approximate surface area is 161 Å². The summed E-state index contributed by atoms with van der Waals surface area (Å²) in [5, 5.41) is 3.44. The fourth-order valence-electron chi connectivity index (χ4n) is 2.81. The number of nitrogens with two attached hydrogens (primary N) is 1. The number of rotatable bonds is 4. The highest BCUT2D eigenvalue weighted by Gasteiger charge is 2.18. The minimum atomic E-state index is -0.337. The Morgan fingerprint density at radius 1 is 1.19 bits per heavy atom. The summed E-state index contributed by atoms with van der Waals surface area (Å²) in [5.41, 5.74) is 8.31. The summed E-state index contributed by atoms with van der Waals surface area (Å²) in [5.74, 6) is -0.000549. The molecule has 3 N–H and O–H groups in total. The van der Waals surface area contributed by atoms with Gasteiger partial charge >= 0.3 is 0 Å². The predicted octanol–water partition coefficient (Wildman–Crippen LogP) is 3.67. The number of amides is 1. The lowest BCUT2D eigenvalue weighted by atomic mass is 10.1. The molecule has 1 fully saturated rings. The molecule has 26 heavy (non-hydrogen) atoms. The molecule has 6 nitrogen and oxygen atoms in total. The standard InChI is InChI=1S/C18H19Cl2N3O3/c1-25-17-13(19)8-11(9-14(17)20)18(24)22-15-10-12(21)2-3-16(15)23-4-6-26-7-5-23/h2-3,8-10H,4-7,21H2,1H3,(H,22,24). The van der Waals surface area contributed by atoms with Crippen LogP contribution in [0, 0.1) is 0 Å². The largest absolute Gasteiger partial charge is 0.494 e. The summed E-state index contributed by atoms with van der Waals surface area (Å²) < 4.78 is 10.5. The van der Waals surface area contributed by atoms with Crippen LogP contribution in [-0.4, -0.2) is 39.3 Å². The number of ether oxygens (including phenoxy) is 2. The van der Waals surface area contributed by atoms with Crippen LogP contribution in [0.5, 0.6) is 5.75 Å². The molecule has 2 aromatic carbocycles. The summed E-state index contributed by atoms with van der Waals surface area (Å²) in [6.07, 6.45) is 0. The highest BCUT2D eigenvalue weighted by atomic mass is 35.5. The van der Waals surface area contributed by atoms with E-state index in [1.807, 2.05) is 12.1 Å². The smallest absolute Gasteiger partial charge is 0.255 e. The fraction of sp³-hybridized carbons (Fsp3) is 0.278. The molecule has 0 bridgehead atoms. The monoisotopic (exact) mass is 395 g/mol. The van der Waals surface area contributed by atoms with E-state index in [4.69, 9.17) is 38.4 Å². The molecule has 1 aliphatic rings. The molecule has 8 heteroatoms. The van der Waals surface area contributed by atoms with Gasteiger partial charge in [0, 0.05) is 24.3 Å². The van der Waals surface area contributed by atoms with Crippen molar-refractivity contribution in [3.05, 3.63) is 45.9 Å². The molecule has 0 aliphatic carbocycles. The van der Waals surface area contributed by atoms with Crippen molar-refractivity contribution in [3.63, 3.8) is 0 Å². The Bertz CT molecular complexity index is 800. The molecular weight excluding hydrogens is 377 g/mol. The van der Waals surface area contributed by atoms with Crippen molar-refractivity contribution in [1.29, 1.82) is 0 Å². The first-order chi connectivity index (χ1) is 12.5. The van der Waals surface area contributed by atoms with Crippen molar-refractivity contribution < 1.29 is 14.3 Å². The summed E-state index contributed by atoms with van der Waals surface area (Å²) in [7, 11) is 1.47. The Hall–Kier alpha value is -2.15. The zero-order valence-corrected chi connectivity index (χ0v) is 15.7. The number of carbonyl (C=O) groups excluding carboxylic acids is 1. The van der Waals surface area contributed by atoms with Crippen LogP contribution in [-0.2, 0) is 4.74 Å². The van der Waals surface area contributed by atoms with Gasteiger partial charge in [-0.15, -0.1) is 0 Å². The van der Waals surface area contributed by atoms with Crippen molar-refractivity contribution in [2.75, 3.05) is 49.4 Å². The number of methoxy groups -OCH3 is 1. The Morgan fingerprint density at radius 3 is 2.46 bits per heavy atom. The minimum Gasteiger partial charge on any atom is -0.494 e. The van der Waals surface area contributed by atoms with Crippen molar-refractivity contribution in [2.45, 2.75) is 0 Å². The first-order valence-electron chi connectivity index (χ1n) is 8.06. The maximum Gasteiger partial charge on any atom is 0.255 e. The Balaban J connectivity index is 1.88. The van der Waals surface area contributed by atoms with Crippen LogP contribution in [0.2, 0.25) is 10.0 Å². The first-order valence-corrected chi connectivity index (χ1v) is 8.82. The van der Waals surface area contributed by atoms with E-state index in [0.29, 0.717) is 35.9 Å². The molecule has 1 saturated heterocycles. The molecule has 1 amide bonds. The lowest BCUT2D eigenvalue weighted by molar-refractivity contribution is 0.102. The number of anilines is 3. The van der Waals surface area contributed by atoms with Crippen molar-refractivity contribution in [3.8, 4) is 5.75 Å². The number of hydrogen-bond donors (Lipinski definition) is 2. The molecule has 0 spiro atoms. The third-order valence-corrected chi connectivity index (χ3v) is 4.65. The molecule has 138 valence electrons. The maximum atomic E-state index is 12.7. The summed E-state index contributed by atoms with van der Waals surface area (Å²) in [4.78, 5) is 14.9. The molecule has 1 heterocycles. The molecule has 0 radical (unpaired) electrons. The van der Waals surface area contributed by atoms with E-state index in [1.54, 1.807) is 6.07 Å². The number of halogens is 2. The van der Waals surface area contributed by atoms with Crippen LogP contribution in [0.3, 0.4) is 0 Å². The van der Waals surface area contributed by atoms with Gasteiger partial charge in [0.2, 0.25) is 0 Å². The van der Waals surface area contributed by atoms with Gasteiger partial charge < -0.3 is 25.4 Å². The lowest BCUT2D eigenvalue weighted by Crippen LogP contribution is -2.36. The molecule has 3 rings (SSSR count). The van der Waals surface area contributed by atoms with Crippen LogP contribution < -0.4 is 20.7 Å². The molecule has 0 atom stereocenters. The van der Waals surface area contributed by atoms with Crippen LogP contribution in [0.4, 0.5) is 17.1 Å². The van der Waals surface area contributed by atoms with Gasteiger partial charge in [-0.3, -0.25) is 4.79 Å². The SMILES string of the molecule is COc1c(Cl)cc(C(=O)Nc2cc(N)ccc2N2CCOCC2)cc1Cl. The van der Waals surface area contributed by atoms with Crippen molar-refractivity contribution in [1.82, 2.24) is 0 Å². The second kappa shape index (κ2) is 8.03. The zero-order chi connectivity index (χ0) is 18.7. The first kappa shape index (κ1) is 18.6. The molecule has 0 saturated carbocycles. The number of morpholine rings is 1. The molecule has 0 aromatic heterocycles. The molecule has 0 unspecified atom stereocenters. The van der Waals surface area contributed by atoms with E-state index in [2.05, 4.69) is 10.2 Å². The highest BCUT2D eigenvalue weighted by Crippen LogP contribution is 2.35. The summed E-state index contributed by atoms with van der Waals surface area (Å²) >= 11 is 12.3. The quantitative estimate of drug-likeness (QED) is 0.772. The van der Waals surface area contributed by atoms with Crippen molar-refractivity contribution >= 4 is 46.2 Å². The van der Waals surface area contributed by atoms with Gasteiger partial charge in [-0.1, -0.05) is 23.2 Å². The third-order valence-electron chi connectivity index (χ3n) is 4.09. The second-order valence-corrected chi connectivity index (χ2v) is 6.62. The summed E-state index contributed by atoms with van der Waals surface area (Å²) in [6, 6.07) is 8.46. The number of carbonyl (C=O) groups is 1. The lowest BCUT2D eigenvalue weighted by Gasteiger charge is -2.30. The average molecular weight is 396 g/mol. The number of nitrogens with one attached hydrogen (secondary N) is 1. The van der Waals surface area contributed by atoms with Gasteiger partial charge in [-0.25, -0.2) is 0 Å². The maximum absolute atomic E-state index is 12.7. The third kappa shape index (κ3) is 3.98. The zero-order valence-electron chi connectivity index (χ0n) is 14.2. The summed E-state index contributed by atoms with van der Waals surface area (Å²) in [6.45, 7) is 2.77. The average Bonchev–Trinajstić information content (AvgIpc) is 2.62. The predicted molar refractivity (Wildman–Crippen MR) is 105 cm³/mol.